The molecule has 58 valence electrons. The predicted octanol–water partition coefficient (Wildman–Crippen LogP) is -0.0692. The lowest BCUT2D eigenvalue weighted by Gasteiger charge is -2.10. The molecule has 3 nitrogen and oxygen atoms in total. The topological polar surface area (TPSA) is 28.3 Å². The maximum Gasteiger partial charge on any atom is 0.0945 e. The van der Waals surface area contributed by atoms with E-state index in [1.807, 2.05) is 4.31 Å². The first kappa shape index (κ1) is 6.91. The Kier molecular flexibility index (Phi) is 1.86. The fourth-order valence-corrected chi connectivity index (χ4v) is 1.26. The average Bonchev–Trinajstić information content (AvgIpc) is 2.59. The SMILES string of the molecule is SN(CC1CO1)CC1CO1. The lowest BCUT2D eigenvalue weighted by molar-refractivity contribution is 0.322. The zero-order chi connectivity index (χ0) is 6.97. The largest absolute Gasteiger partial charge is 0.372 e. The van der Waals surface area contributed by atoms with Crippen LogP contribution in [-0.2, 0) is 9.47 Å². The van der Waals surface area contributed by atoms with Crippen LogP contribution in [0.15, 0.2) is 0 Å². The highest BCUT2D eigenvalue weighted by atomic mass is 32.1. The van der Waals surface area contributed by atoms with Crippen molar-refractivity contribution in [1.29, 1.82) is 0 Å². The molecule has 2 fully saturated rings. The summed E-state index contributed by atoms with van der Waals surface area (Å²) < 4.78 is 12.1. The molecule has 2 aliphatic rings. The number of thiol groups is 1. The van der Waals surface area contributed by atoms with E-state index in [1.165, 1.54) is 0 Å². The Morgan fingerprint density at radius 1 is 1.20 bits per heavy atom. The third-order valence-electron chi connectivity index (χ3n) is 1.63. The Hall–Kier alpha value is 0.230. The van der Waals surface area contributed by atoms with E-state index in [0.717, 1.165) is 26.3 Å². The summed E-state index contributed by atoms with van der Waals surface area (Å²) in [6, 6.07) is 0. The van der Waals surface area contributed by atoms with Crippen molar-refractivity contribution in [3.63, 3.8) is 0 Å². The van der Waals surface area contributed by atoms with Crippen LogP contribution < -0.4 is 0 Å². The summed E-state index contributed by atoms with van der Waals surface area (Å²) in [6.45, 7) is 3.68. The minimum Gasteiger partial charge on any atom is -0.372 e. The summed E-state index contributed by atoms with van der Waals surface area (Å²) in [5.74, 6) is 0. The summed E-state index contributed by atoms with van der Waals surface area (Å²) >= 11 is 4.26. The average molecular weight is 161 g/mol. The number of hydrogen-bond acceptors (Lipinski definition) is 4. The van der Waals surface area contributed by atoms with Crippen molar-refractivity contribution < 1.29 is 9.47 Å². The minimum absolute atomic E-state index is 0.441. The fourth-order valence-electron chi connectivity index (χ4n) is 0.892. The van der Waals surface area contributed by atoms with Crippen molar-refractivity contribution in [3.8, 4) is 0 Å². The molecular formula is C6H11NO2S. The normalized spacial score (nSPS) is 36.6. The van der Waals surface area contributed by atoms with Crippen LogP contribution in [0.25, 0.3) is 0 Å². The molecule has 0 N–H and O–H groups in total. The second-order valence-electron chi connectivity index (χ2n) is 2.78. The lowest BCUT2D eigenvalue weighted by Crippen LogP contribution is -2.22. The molecule has 0 radical (unpaired) electrons. The number of rotatable bonds is 4. The minimum atomic E-state index is 0.441. The lowest BCUT2D eigenvalue weighted by atomic mass is 10.4. The Balaban J connectivity index is 1.60. The van der Waals surface area contributed by atoms with Gasteiger partial charge in [0.25, 0.3) is 0 Å². The molecule has 0 saturated carbocycles. The molecule has 2 atom stereocenters. The highest BCUT2D eigenvalue weighted by Gasteiger charge is 2.29. The van der Waals surface area contributed by atoms with Crippen LogP contribution in [-0.4, -0.2) is 42.8 Å². The molecule has 2 rings (SSSR count). The Bertz CT molecular complexity index is 111. The van der Waals surface area contributed by atoms with Gasteiger partial charge in [-0.2, -0.15) is 0 Å². The van der Waals surface area contributed by atoms with Crippen LogP contribution in [0.2, 0.25) is 0 Å². The first-order valence-corrected chi connectivity index (χ1v) is 3.91. The van der Waals surface area contributed by atoms with Crippen LogP contribution in [0.1, 0.15) is 0 Å². The summed E-state index contributed by atoms with van der Waals surface area (Å²) in [6.07, 6.45) is 0.882. The van der Waals surface area contributed by atoms with Gasteiger partial charge < -0.3 is 9.47 Å². The van der Waals surface area contributed by atoms with Crippen LogP contribution >= 0.6 is 12.8 Å². The first-order chi connectivity index (χ1) is 4.84. The molecule has 0 aromatic rings. The second-order valence-corrected chi connectivity index (χ2v) is 3.35. The van der Waals surface area contributed by atoms with Crippen molar-refractivity contribution >= 4 is 12.8 Å². The van der Waals surface area contributed by atoms with Gasteiger partial charge in [0.1, 0.15) is 0 Å². The number of nitrogens with zero attached hydrogens (tertiary/aromatic N) is 1. The predicted molar refractivity (Wildman–Crippen MR) is 40.0 cm³/mol. The molecule has 0 bridgehead atoms. The molecular weight excluding hydrogens is 150 g/mol. The molecule has 0 aromatic carbocycles. The van der Waals surface area contributed by atoms with Gasteiger partial charge in [-0.1, -0.05) is 12.8 Å². The summed E-state index contributed by atoms with van der Waals surface area (Å²) in [4.78, 5) is 0. The van der Waals surface area contributed by atoms with Crippen LogP contribution in [0.4, 0.5) is 0 Å². The molecule has 0 spiro atoms. The Morgan fingerprint density at radius 3 is 1.90 bits per heavy atom. The number of epoxide rings is 2. The zero-order valence-corrected chi connectivity index (χ0v) is 6.59. The maximum atomic E-state index is 5.05. The molecule has 0 amide bonds. The van der Waals surface area contributed by atoms with E-state index in [-0.39, 0.29) is 0 Å². The van der Waals surface area contributed by atoms with Crippen LogP contribution in [0.3, 0.4) is 0 Å². The van der Waals surface area contributed by atoms with Crippen molar-refractivity contribution in [2.24, 2.45) is 0 Å². The van der Waals surface area contributed by atoms with Gasteiger partial charge in [-0.05, 0) is 0 Å². The van der Waals surface area contributed by atoms with Crippen molar-refractivity contribution in [3.05, 3.63) is 0 Å². The van der Waals surface area contributed by atoms with Crippen molar-refractivity contribution in [1.82, 2.24) is 4.31 Å². The second kappa shape index (κ2) is 2.70. The zero-order valence-electron chi connectivity index (χ0n) is 5.69. The van der Waals surface area contributed by atoms with Gasteiger partial charge >= 0.3 is 0 Å². The molecule has 0 aromatic heterocycles. The monoisotopic (exact) mass is 161 g/mol. The molecule has 0 aliphatic carbocycles. The summed E-state index contributed by atoms with van der Waals surface area (Å²) in [7, 11) is 0. The standard InChI is InChI=1S/C6H11NO2S/c10-7(1-5-3-8-5)2-6-4-9-6/h5-6,10H,1-4H2. The van der Waals surface area contributed by atoms with Gasteiger partial charge in [-0.3, -0.25) is 0 Å². The highest BCUT2D eigenvalue weighted by Crippen LogP contribution is 2.16. The van der Waals surface area contributed by atoms with Gasteiger partial charge in [-0.15, -0.1) is 0 Å². The smallest absolute Gasteiger partial charge is 0.0945 e. The first-order valence-electron chi connectivity index (χ1n) is 3.51. The van der Waals surface area contributed by atoms with E-state index in [2.05, 4.69) is 12.8 Å². The van der Waals surface area contributed by atoms with Crippen LogP contribution in [0.5, 0.6) is 0 Å². The molecule has 2 aliphatic heterocycles. The number of hydrogen-bond donors (Lipinski definition) is 1. The van der Waals surface area contributed by atoms with Gasteiger partial charge in [0.05, 0.1) is 25.4 Å². The van der Waals surface area contributed by atoms with E-state index in [0.29, 0.717) is 12.2 Å². The molecule has 2 saturated heterocycles. The van der Waals surface area contributed by atoms with Gasteiger partial charge in [0, 0.05) is 13.1 Å². The summed E-state index contributed by atoms with van der Waals surface area (Å²) in [5, 5.41) is 0. The maximum absolute atomic E-state index is 5.05. The van der Waals surface area contributed by atoms with Crippen molar-refractivity contribution in [2.75, 3.05) is 26.3 Å². The quantitative estimate of drug-likeness (QED) is 0.462. The van der Waals surface area contributed by atoms with E-state index in [9.17, 15) is 0 Å². The van der Waals surface area contributed by atoms with Gasteiger partial charge in [0.2, 0.25) is 0 Å². The van der Waals surface area contributed by atoms with Crippen molar-refractivity contribution in [2.45, 2.75) is 12.2 Å². The van der Waals surface area contributed by atoms with E-state index >= 15 is 0 Å². The Labute approximate surface area is 65.8 Å². The summed E-state index contributed by atoms with van der Waals surface area (Å²) in [5.41, 5.74) is 0. The molecule has 10 heavy (non-hydrogen) atoms. The van der Waals surface area contributed by atoms with E-state index < -0.39 is 0 Å². The third kappa shape index (κ3) is 2.12. The molecule has 4 heteroatoms. The van der Waals surface area contributed by atoms with E-state index in [4.69, 9.17) is 9.47 Å². The Morgan fingerprint density at radius 2 is 1.60 bits per heavy atom. The fraction of sp³-hybridized carbons (Fsp3) is 1.00. The highest BCUT2D eigenvalue weighted by molar-refractivity contribution is 7.77. The van der Waals surface area contributed by atoms with Gasteiger partial charge in [-0.25, -0.2) is 4.31 Å². The molecule has 2 unspecified atom stereocenters. The van der Waals surface area contributed by atoms with E-state index in [1.54, 1.807) is 0 Å². The molecule has 2 heterocycles. The third-order valence-corrected chi connectivity index (χ3v) is 1.96. The van der Waals surface area contributed by atoms with Crippen LogP contribution in [0, 0.1) is 0 Å². The van der Waals surface area contributed by atoms with Gasteiger partial charge in [0.15, 0.2) is 0 Å². The number of ether oxygens (including phenoxy) is 2.